The summed E-state index contributed by atoms with van der Waals surface area (Å²) in [6.45, 7) is 2.96. The Morgan fingerprint density at radius 1 is 1.08 bits per heavy atom. The molecule has 0 radical (unpaired) electrons. The Hall–Kier alpha value is -2.17. The van der Waals surface area contributed by atoms with Gasteiger partial charge in [-0.2, -0.15) is 0 Å². The van der Waals surface area contributed by atoms with E-state index < -0.39 is 0 Å². The zero-order chi connectivity index (χ0) is 16.9. The maximum atomic E-state index is 12.4. The second-order valence-corrected chi connectivity index (χ2v) is 6.47. The van der Waals surface area contributed by atoms with Crippen LogP contribution in [0.1, 0.15) is 24.9 Å². The van der Waals surface area contributed by atoms with Crippen molar-refractivity contribution in [1.29, 1.82) is 0 Å². The van der Waals surface area contributed by atoms with Gasteiger partial charge in [-0.3, -0.25) is 9.69 Å². The fraction of sp³-hybridized carbons (Fsp3) is 0.350. The number of likely N-dealkylation sites (N-methyl/N-ethyl adjacent to an activating group) is 1. The van der Waals surface area contributed by atoms with Crippen molar-refractivity contribution in [3.8, 4) is 0 Å². The number of carbonyl (C=O) groups is 1. The monoisotopic (exact) mass is 323 g/mol. The van der Waals surface area contributed by atoms with E-state index in [0.717, 1.165) is 18.7 Å². The van der Waals surface area contributed by atoms with Crippen molar-refractivity contribution in [3.63, 3.8) is 0 Å². The van der Waals surface area contributed by atoms with Crippen molar-refractivity contribution in [2.24, 2.45) is 0 Å². The van der Waals surface area contributed by atoms with E-state index in [0.29, 0.717) is 6.04 Å². The van der Waals surface area contributed by atoms with Crippen LogP contribution < -0.4 is 10.6 Å². The number of carbonyl (C=O) groups excluding carboxylic acids is 1. The summed E-state index contributed by atoms with van der Waals surface area (Å²) in [7, 11) is 2.15. The van der Waals surface area contributed by atoms with Crippen LogP contribution >= 0.6 is 0 Å². The van der Waals surface area contributed by atoms with Crippen LogP contribution in [0.25, 0.3) is 0 Å². The summed E-state index contributed by atoms with van der Waals surface area (Å²) in [5, 5.41) is 6.49. The number of benzene rings is 2. The molecule has 0 aromatic heterocycles. The minimum atomic E-state index is -0.243. The van der Waals surface area contributed by atoms with Gasteiger partial charge in [0, 0.05) is 24.3 Å². The van der Waals surface area contributed by atoms with Gasteiger partial charge in [0.2, 0.25) is 5.91 Å². The Morgan fingerprint density at radius 3 is 2.38 bits per heavy atom. The average Bonchev–Trinajstić information content (AvgIpc) is 2.97. The number of likely N-dealkylation sites (tertiary alicyclic amines) is 1. The smallest absolute Gasteiger partial charge is 0.241 e. The van der Waals surface area contributed by atoms with Gasteiger partial charge in [0.1, 0.15) is 0 Å². The van der Waals surface area contributed by atoms with E-state index in [2.05, 4.69) is 46.8 Å². The lowest BCUT2D eigenvalue weighted by molar-refractivity contribution is -0.118. The van der Waals surface area contributed by atoms with E-state index in [4.69, 9.17) is 0 Å². The Kier molecular flexibility index (Phi) is 5.28. The minimum Gasteiger partial charge on any atom is -0.325 e. The van der Waals surface area contributed by atoms with Crippen LogP contribution in [0.4, 0.5) is 5.69 Å². The van der Waals surface area contributed by atoms with Gasteiger partial charge < -0.3 is 10.6 Å². The number of anilines is 1. The van der Waals surface area contributed by atoms with Crippen LogP contribution in [0.2, 0.25) is 0 Å². The highest BCUT2D eigenvalue weighted by Gasteiger charge is 2.34. The molecule has 2 aromatic rings. The Bertz CT molecular complexity index is 659. The van der Waals surface area contributed by atoms with E-state index in [9.17, 15) is 4.79 Å². The largest absolute Gasteiger partial charge is 0.325 e. The molecular formula is C20H25N3O. The third-order valence-corrected chi connectivity index (χ3v) is 4.69. The predicted molar refractivity (Wildman–Crippen MR) is 97.9 cm³/mol. The number of rotatable bonds is 5. The van der Waals surface area contributed by atoms with Crippen LogP contribution in [0.5, 0.6) is 0 Å². The highest BCUT2D eigenvalue weighted by Crippen LogP contribution is 2.31. The highest BCUT2D eigenvalue weighted by molar-refractivity contribution is 5.94. The summed E-state index contributed by atoms with van der Waals surface area (Å²) in [5.74, 6) is 0.00237. The molecule has 4 nitrogen and oxygen atoms in total. The summed E-state index contributed by atoms with van der Waals surface area (Å²) < 4.78 is 0. The van der Waals surface area contributed by atoms with Crippen molar-refractivity contribution in [2.75, 3.05) is 18.9 Å². The Morgan fingerprint density at radius 2 is 1.71 bits per heavy atom. The molecule has 24 heavy (non-hydrogen) atoms. The number of amides is 1. The van der Waals surface area contributed by atoms with E-state index >= 15 is 0 Å². The molecule has 1 saturated heterocycles. The summed E-state index contributed by atoms with van der Waals surface area (Å²) in [4.78, 5) is 14.8. The number of nitrogens with zero attached hydrogens (tertiary/aromatic N) is 1. The second-order valence-electron chi connectivity index (χ2n) is 6.47. The predicted octanol–water partition coefficient (Wildman–Crippen LogP) is 3.05. The maximum Gasteiger partial charge on any atom is 0.241 e. The molecule has 0 aliphatic carbocycles. The van der Waals surface area contributed by atoms with Gasteiger partial charge in [-0.15, -0.1) is 0 Å². The van der Waals surface area contributed by atoms with Crippen LogP contribution in [-0.4, -0.2) is 36.5 Å². The van der Waals surface area contributed by atoms with Gasteiger partial charge in [0.15, 0.2) is 0 Å². The number of para-hydroxylation sites is 1. The van der Waals surface area contributed by atoms with Gasteiger partial charge in [-0.05, 0) is 38.1 Å². The number of hydrogen-bond acceptors (Lipinski definition) is 3. The molecule has 0 saturated carbocycles. The van der Waals surface area contributed by atoms with Gasteiger partial charge in [0.05, 0.1) is 6.04 Å². The molecule has 0 bridgehead atoms. The Labute approximate surface area is 143 Å². The first-order valence-corrected chi connectivity index (χ1v) is 8.52. The van der Waals surface area contributed by atoms with Crippen molar-refractivity contribution < 1.29 is 4.79 Å². The molecule has 2 aromatic carbocycles. The standard InChI is InChI=1S/C20H25N3O/c1-15(20(24)22-17-11-7-4-8-12-17)21-18-13-14-23(2)19(18)16-9-5-3-6-10-16/h3-12,15,18-19,21H,13-14H2,1-2H3,(H,22,24)/t15-,18-,19+/m0/s1. The van der Waals surface area contributed by atoms with E-state index in [1.807, 2.05) is 43.3 Å². The maximum absolute atomic E-state index is 12.4. The highest BCUT2D eigenvalue weighted by atomic mass is 16.2. The van der Waals surface area contributed by atoms with E-state index in [1.165, 1.54) is 5.56 Å². The van der Waals surface area contributed by atoms with Gasteiger partial charge in [-0.25, -0.2) is 0 Å². The molecular weight excluding hydrogens is 298 g/mol. The SMILES string of the molecule is C[C@H](N[C@H]1CCN(C)[C@@H]1c1ccccc1)C(=O)Nc1ccccc1. The van der Waals surface area contributed by atoms with Crippen LogP contribution in [-0.2, 0) is 4.79 Å². The van der Waals surface area contributed by atoms with Crippen LogP contribution in [0.15, 0.2) is 60.7 Å². The zero-order valence-corrected chi connectivity index (χ0v) is 14.3. The molecule has 0 spiro atoms. The first-order valence-electron chi connectivity index (χ1n) is 8.52. The first kappa shape index (κ1) is 16.7. The quantitative estimate of drug-likeness (QED) is 0.889. The first-order chi connectivity index (χ1) is 11.6. The molecule has 0 unspecified atom stereocenters. The second kappa shape index (κ2) is 7.60. The third-order valence-electron chi connectivity index (χ3n) is 4.69. The van der Waals surface area contributed by atoms with E-state index in [-0.39, 0.29) is 18.0 Å². The third kappa shape index (κ3) is 3.83. The van der Waals surface area contributed by atoms with Crippen molar-refractivity contribution in [3.05, 3.63) is 66.2 Å². The lowest BCUT2D eigenvalue weighted by Crippen LogP contribution is -2.46. The molecule has 3 rings (SSSR count). The lowest BCUT2D eigenvalue weighted by atomic mass is 9.99. The molecule has 4 heteroatoms. The average molecular weight is 323 g/mol. The summed E-state index contributed by atoms with van der Waals surface area (Å²) in [6, 6.07) is 20.4. The molecule has 1 amide bonds. The number of nitrogens with one attached hydrogen (secondary N) is 2. The minimum absolute atomic E-state index is 0.00237. The van der Waals surface area contributed by atoms with Gasteiger partial charge >= 0.3 is 0 Å². The zero-order valence-electron chi connectivity index (χ0n) is 14.3. The van der Waals surface area contributed by atoms with Crippen molar-refractivity contribution >= 4 is 11.6 Å². The summed E-state index contributed by atoms with van der Waals surface area (Å²) in [6.07, 6.45) is 1.04. The summed E-state index contributed by atoms with van der Waals surface area (Å²) >= 11 is 0. The molecule has 1 aliphatic heterocycles. The molecule has 126 valence electrons. The normalized spacial score (nSPS) is 22.2. The molecule has 1 heterocycles. The molecule has 1 aliphatic rings. The van der Waals surface area contributed by atoms with Crippen molar-refractivity contribution in [1.82, 2.24) is 10.2 Å². The van der Waals surface area contributed by atoms with E-state index in [1.54, 1.807) is 0 Å². The van der Waals surface area contributed by atoms with Crippen molar-refractivity contribution in [2.45, 2.75) is 31.5 Å². The molecule has 2 N–H and O–H groups in total. The lowest BCUT2D eigenvalue weighted by Gasteiger charge is -2.28. The summed E-state index contributed by atoms with van der Waals surface area (Å²) in [5.41, 5.74) is 2.13. The van der Waals surface area contributed by atoms with Gasteiger partial charge in [0.25, 0.3) is 0 Å². The Balaban J connectivity index is 1.64. The molecule has 3 atom stereocenters. The topological polar surface area (TPSA) is 44.4 Å². The van der Waals surface area contributed by atoms with Gasteiger partial charge in [-0.1, -0.05) is 48.5 Å². The molecule has 1 fully saturated rings. The fourth-order valence-electron chi connectivity index (χ4n) is 3.43. The fourth-order valence-corrected chi connectivity index (χ4v) is 3.43. The van der Waals surface area contributed by atoms with Crippen LogP contribution in [0, 0.1) is 0 Å². The van der Waals surface area contributed by atoms with Crippen LogP contribution in [0.3, 0.4) is 0 Å². The number of hydrogen-bond donors (Lipinski definition) is 2.